The van der Waals surface area contributed by atoms with Gasteiger partial charge in [-0.05, 0) is 60.5 Å². The predicted octanol–water partition coefficient (Wildman–Crippen LogP) is 8.36. The maximum atomic E-state index is 14.1. The lowest BCUT2D eigenvalue weighted by Crippen LogP contribution is -2.40. The van der Waals surface area contributed by atoms with E-state index in [0.717, 1.165) is 23.2 Å². The minimum Gasteiger partial charge on any atom is -0.334 e. The Labute approximate surface area is 325 Å². The van der Waals surface area contributed by atoms with Crippen LogP contribution in [-0.4, -0.2) is 47.7 Å². The largest absolute Gasteiger partial charge is 0.416 e. The van der Waals surface area contributed by atoms with E-state index in [4.69, 9.17) is 4.98 Å². The minimum absolute atomic E-state index is 0.117. The molecule has 0 saturated heterocycles. The van der Waals surface area contributed by atoms with Crippen molar-refractivity contribution in [2.24, 2.45) is 0 Å². The zero-order valence-electron chi connectivity index (χ0n) is 29.6. The molecule has 0 unspecified atom stereocenters. The highest BCUT2D eigenvalue weighted by molar-refractivity contribution is 7.08. The van der Waals surface area contributed by atoms with E-state index in [1.807, 2.05) is 81.4 Å². The van der Waals surface area contributed by atoms with Crippen LogP contribution in [0.1, 0.15) is 23.6 Å². The van der Waals surface area contributed by atoms with E-state index in [1.165, 1.54) is 34.8 Å². The van der Waals surface area contributed by atoms with Gasteiger partial charge in [0.2, 0.25) is 5.82 Å². The van der Waals surface area contributed by atoms with Crippen LogP contribution in [-0.2, 0) is 19.3 Å². The zero-order valence-corrected chi connectivity index (χ0v) is 31.2. The van der Waals surface area contributed by atoms with Gasteiger partial charge in [0, 0.05) is 30.7 Å². The number of nitrogens with zero attached hydrogens (tertiary/aromatic N) is 7. The monoisotopic (exact) mass is 793 g/mol. The van der Waals surface area contributed by atoms with E-state index in [0.29, 0.717) is 64.2 Å². The minimum atomic E-state index is -4.49. The number of halogens is 3. The molecule has 12 nitrogen and oxygen atoms in total. The average Bonchev–Trinajstić information content (AvgIpc) is 4.03. The second kappa shape index (κ2) is 15.3. The molecule has 4 aromatic heterocycles. The molecule has 0 aliphatic heterocycles. The summed E-state index contributed by atoms with van der Waals surface area (Å²) < 4.78 is 45.2. The molecule has 4 heterocycles. The predicted molar refractivity (Wildman–Crippen MR) is 209 cm³/mol. The molecule has 0 aliphatic rings. The highest BCUT2D eigenvalue weighted by atomic mass is 32.1. The van der Waals surface area contributed by atoms with Gasteiger partial charge in [0.15, 0.2) is 11.0 Å². The number of alkyl halides is 3. The number of hydrogen-bond acceptors (Lipinski definition) is 7. The lowest BCUT2D eigenvalue weighted by Gasteiger charge is -2.21. The number of nitrogens with one attached hydrogen (secondary N) is 3. The van der Waals surface area contributed by atoms with E-state index in [-0.39, 0.29) is 12.6 Å². The van der Waals surface area contributed by atoms with Crippen molar-refractivity contribution in [1.29, 1.82) is 0 Å². The van der Waals surface area contributed by atoms with Crippen LogP contribution < -0.4 is 20.6 Å². The molecule has 0 fully saturated rings. The van der Waals surface area contributed by atoms with Crippen LogP contribution >= 0.6 is 22.7 Å². The van der Waals surface area contributed by atoms with Crippen LogP contribution in [0.4, 0.5) is 28.4 Å². The molecular weight excluding hydrogens is 762 g/mol. The van der Waals surface area contributed by atoms with Crippen LogP contribution in [0, 0.1) is 0 Å². The van der Waals surface area contributed by atoms with E-state index in [9.17, 15) is 22.8 Å². The summed E-state index contributed by atoms with van der Waals surface area (Å²) in [5.74, 6) is 2.10. The molecule has 3 N–H and O–H groups in total. The summed E-state index contributed by atoms with van der Waals surface area (Å²) in [6.45, 7) is 2.65. The van der Waals surface area contributed by atoms with Crippen LogP contribution in [0.15, 0.2) is 119 Å². The molecule has 56 heavy (non-hydrogen) atoms. The molecule has 8 rings (SSSR count). The number of imidazole rings is 2. The molecule has 8 aromatic rings. The lowest BCUT2D eigenvalue weighted by atomic mass is 10.1. The average molecular weight is 794 g/mol. The Balaban J connectivity index is 1.20. The number of carbonyl (C=O) groups is 2. The third kappa shape index (κ3) is 7.28. The Morgan fingerprint density at radius 3 is 2.38 bits per heavy atom. The highest BCUT2D eigenvalue weighted by Crippen LogP contribution is 2.32. The summed E-state index contributed by atoms with van der Waals surface area (Å²) >= 11 is 2.84. The fourth-order valence-corrected chi connectivity index (χ4v) is 7.44. The Bertz CT molecular complexity index is 2660. The van der Waals surface area contributed by atoms with Crippen LogP contribution in [0.5, 0.6) is 0 Å². The first-order valence-electron chi connectivity index (χ1n) is 17.3. The number of hydrogen-bond donors (Lipinski definition) is 3. The topological polar surface area (TPSA) is 126 Å². The number of thiazole rings is 2. The summed E-state index contributed by atoms with van der Waals surface area (Å²) in [4.78, 5) is 43.2. The summed E-state index contributed by atoms with van der Waals surface area (Å²) in [6, 6.07) is 26.5. The summed E-state index contributed by atoms with van der Waals surface area (Å²) in [5, 5.41) is 9.18. The smallest absolute Gasteiger partial charge is 0.334 e. The Morgan fingerprint density at radius 1 is 0.857 bits per heavy atom. The molecule has 4 amide bonds. The number of fused-ring (bicyclic) bond motifs is 2. The Hall–Kier alpha value is -6.59. The fourth-order valence-electron chi connectivity index (χ4n) is 6.40. The van der Waals surface area contributed by atoms with Crippen LogP contribution in [0.3, 0.4) is 0 Å². The lowest BCUT2D eigenvalue weighted by molar-refractivity contribution is -0.559. The first kappa shape index (κ1) is 36.4. The normalized spacial score (nSPS) is 11.6. The first-order chi connectivity index (χ1) is 27.2. The highest BCUT2D eigenvalue weighted by Gasteiger charge is 2.34. The molecule has 0 spiro atoms. The molecule has 0 saturated carbocycles. The van der Waals surface area contributed by atoms with Crippen LogP contribution in [0.25, 0.3) is 45.4 Å². The van der Waals surface area contributed by atoms with Crippen molar-refractivity contribution in [3.05, 3.63) is 136 Å². The van der Waals surface area contributed by atoms with Gasteiger partial charge in [0.05, 0.1) is 27.5 Å². The summed E-state index contributed by atoms with van der Waals surface area (Å²) in [5.41, 5.74) is 10.1. The number of benzene rings is 4. The molecule has 0 radical (unpaired) electrons. The molecule has 0 bridgehead atoms. The standard InChI is InChI=1S/C39H31F3N10O2S2/c1-2-49(20-25-9-4-3-5-10-25)38(54)48-52-32-14-7-6-13-31(32)51(34-22-56-24-45-34)36(52)35-47-29-18-28(15-16-30(29)50(35)33-21-55-23-44-33)46-37(53)43-19-26-11-8-12-27(17-26)39(40,41)42/h3-18,21-24H,2,19-20H2,1H3,(H2-,43,46,47,48,53,54)/p+1. The van der Waals surface area contributed by atoms with Gasteiger partial charge in [-0.25, -0.2) is 19.6 Å². The second-order valence-corrected chi connectivity index (χ2v) is 14.0. The Kier molecular flexibility index (Phi) is 9.92. The van der Waals surface area contributed by atoms with Gasteiger partial charge >= 0.3 is 24.1 Å². The van der Waals surface area contributed by atoms with Crippen molar-refractivity contribution in [3.8, 4) is 23.3 Å². The zero-order chi connectivity index (χ0) is 38.8. The van der Waals surface area contributed by atoms with Gasteiger partial charge < -0.3 is 15.5 Å². The van der Waals surface area contributed by atoms with Crippen molar-refractivity contribution < 1.29 is 27.3 Å². The Morgan fingerprint density at radius 2 is 1.62 bits per heavy atom. The van der Waals surface area contributed by atoms with E-state index in [1.54, 1.807) is 38.8 Å². The van der Waals surface area contributed by atoms with Gasteiger partial charge in [-0.15, -0.1) is 27.3 Å². The van der Waals surface area contributed by atoms with Gasteiger partial charge in [0.25, 0.3) is 5.82 Å². The molecular formula is C39H32F3N10O2S2+. The van der Waals surface area contributed by atoms with Crippen LogP contribution in [0.2, 0.25) is 0 Å². The number of amides is 4. The number of aromatic nitrogens is 6. The summed E-state index contributed by atoms with van der Waals surface area (Å²) in [6.07, 6.45) is -4.49. The molecule has 0 atom stereocenters. The fraction of sp³-hybridized carbons (Fsp3) is 0.128. The number of carbonyl (C=O) groups excluding carboxylic acids is 2. The van der Waals surface area contributed by atoms with E-state index >= 15 is 0 Å². The van der Waals surface area contributed by atoms with Crippen molar-refractivity contribution in [3.63, 3.8) is 0 Å². The number of urea groups is 2. The maximum absolute atomic E-state index is 14.1. The van der Waals surface area contributed by atoms with Crippen molar-refractivity contribution in [1.82, 2.24) is 34.4 Å². The molecule has 0 aliphatic carbocycles. The van der Waals surface area contributed by atoms with E-state index in [2.05, 4.69) is 26.0 Å². The first-order valence-corrected chi connectivity index (χ1v) is 19.2. The number of para-hydroxylation sites is 2. The third-order valence-corrected chi connectivity index (χ3v) is 10.1. The van der Waals surface area contributed by atoms with Crippen molar-refractivity contribution >= 4 is 62.5 Å². The van der Waals surface area contributed by atoms with E-state index < -0.39 is 17.8 Å². The second-order valence-electron chi connectivity index (χ2n) is 12.6. The van der Waals surface area contributed by atoms with Crippen molar-refractivity contribution in [2.45, 2.75) is 26.2 Å². The number of anilines is 1. The van der Waals surface area contributed by atoms with Gasteiger partial charge in [-0.2, -0.15) is 23.2 Å². The number of rotatable bonds is 10. The molecule has 4 aromatic carbocycles. The van der Waals surface area contributed by atoms with Gasteiger partial charge in [-0.1, -0.05) is 59.6 Å². The van der Waals surface area contributed by atoms with Gasteiger partial charge in [0.1, 0.15) is 11.3 Å². The summed E-state index contributed by atoms with van der Waals surface area (Å²) in [7, 11) is 0. The molecule has 282 valence electrons. The SMILES string of the molecule is CCN(Cc1ccccc1)C(=O)Nn1c(-c2nc3cc(NC(=O)NCc4cccc(C(F)(F)F)c4)ccc3n2-c2cscn2)[n+](-c2cscn2)c2ccccc21. The molecule has 17 heteroatoms. The van der Waals surface area contributed by atoms with Crippen molar-refractivity contribution in [2.75, 3.05) is 17.3 Å². The third-order valence-electron chi connectivity index (χ3n) is 9.00. The van der Waals surface area contributed by atoms with Gasteiger partial charge in [-0.3, -0.25) is 4.57 Å². The quantitative estimate of drug-likeness (QED) is 0.120. The maximum Gasteiger partial charge on any atom is 0.416 e.